The molecule has 2 aromatic rings. The summed E-state index contributed by atoms with van der Waals surface area (Å²) in [6.45, 7) is 4.39. The zero-order valence-electron chi connectivity index (χ0n) is 13.8. The van der Waals surface area contributed by atoms with Crippen LogP contribution in [0.25, 0.3) is 0 Å². The van der Waals surface area contributed by atoms with E-state index in [2.05, 4.69) is 15.6 Å². The van der Waals surface area contributed by atoms with Gasteiger partial charge in [0.15, 0.2) is 0 Å². The number of carbonyl (C=O) groups excluding carboxylic acids is 2. The molecule has 0 atom stereocenters. The van der Waals surface area contributed by atoms with Crippen molar-refractivity contribution in [3.8, 4) is 0 Å². The Balaban J connectivity index is 1.93. The number of rotatable bonds is 6. The predicted molar refractivity (Wildman–Crippen MR) is 94.5 cm³/mol. The second-order valence-corrected chi connectivity index (χ2v) is 5.72. The molecule has 5 heteroatoms. The number of amides is 2. The molecule has 0 saturated heterocycles. The molecule has 0 aliphatic carbocycles. The van der Waals surface area contributed by atoms with E-state index in [9.17, 15) is 9.59 Å². The lowest BCUT2D eigenvalue weighted by atomic mass is 10.2. The minimum atomic E-state index is -0.183. The van der Waals surface area contributed by atoms with Crippen LogP contribution >= 0.6 is 0 Å². The molecule has 1 heterocycles. The summed E-state index contributed by atoms with van der Waals surface area (Å²) in [6.07, 6.45) is 6.51. The number of aromatic nitrogens is 1. The van der Waals surface area contributed by atoms with Crippen molar-refractivity contribution >= 4 is 17.5 Å². The smallest absolute Gasteiger partial charge is 0.253 e. The number of allylic oxidation sites excluding steroid dienone is 1. The normalized spacial score (nSPS) is 10.8. The monoisotopic (exact) mass is 323 g/mol. The van der Waals surface area contributed by atoms with Crippen LogP contribution in [-0.2, 0) is 11.3 Å². The molecule has 24 heavy (non-hydrogen) atoms. The van der Waals surface area contributed by atoms with Gasteiger partial charge in [0.1, 0.15) is 0 Å². The Morgan fingerprint density at radius 2 is 2.04 bits per heavy atom. The van der Waals surface area contributed by atoms with Crippen molar-refractivity contribution in [1.82, 2.24) is 10.3 Å². The van der Waals surface area contributed by atoms with Crippen LogP contribution in [0, 0.1) is 5.92 Å². The highest BCUT2D eigenvalue weighted by molar-refractivity contribution is 5.99. The fraction of sp³-hybridized carbons (Fsp3) is 0.211. The average Bonchev–Trinajstić information content (AvgIpc) is 2.59. The zero-order chi connectivity index (χ0) is 17.4. The third-order valence-electron chi connectivity index (χ3n) is 3.20. The van der Waals surface area contributed by atoms with Crippen LogP contribution in [0.2, 0.25) is 0 Å². The first-order valence-electron chi connectivity index (χ1n) is 7.81. The molecule has 2 amide bonds. The Labute approximate surface area is 141 Å². The molecule has 0 aliphatic heterocycles. The topological polar surface area (TPSA) is 71.1 Å². The summed E-state index contributed by atoms with van der Waals surface area (Å²) < 4.78 is 0. The van der Waals surface area contributed by atoms with Crippen LogP contribution in [0.5, 0.6) is 0 Å². The minimum absolute atomic E-state index is 0.166. The molecule has 2 rings (SSSR count). The van der Waals surface area contributed by atoms with Crippen molar-refractivity contribution in [2.75, 3.05) is 5.32 Å². The van der Waals surface area contributed by atoms with Crippen LogP contribution in [0.15, 0.2) is 60.9 Å². The summed E-state index contributed by atoms with van der Waals surface area (Å²) in [5, 5.41) is 5.64. The Bertz CT molecular complexity index is 724. The second-order valence-electron chi connectivity index (χ2n) is 5.72. The lowest BCUT2D eigenvalue weighted by Crippen LogP contribution is -2.22. The van der Waals surface area contributed by atoms with Crippen LogP contribution < -0.4 is 10.6 Å². The molecule has 0 fully saturated rings. The van der Waals surface area contributed by atoms with Crippen molar-refractivity contribution in [1.29, 1.82) is 0 Å². The maximum absolute atomic E-state index is 12.0. The van der Waals surface area contributed by atoms with Gasteiger partial charge in [0, 0.05) is 24.6 Å². The third kappa shape index (κ3) is 5.68. The highest BCUT2D eigenvalue weighted by Gasteiger charge is 2.05. The Morgan fingerprint density at radius 3 is 2.75 bits per heavy atom. The molecule has 124 valence electrons. The predicted octanol–water partition coefficient (Wildman–Crippen LogP) is 3.16. The van der Waals surface area contributed by atoms with Crippen molar-refractivity contribution < 1.29 is 9.59 Å². The molecule has 0 unspecified atom stereocenters. The van der Waals surface area contributed by atoms with Gasteiger partial charge in [0.05, 0.1) is 5.56 Å². The molecular formula is C19H21N3O2. The summed E-state index contributed by atoms with van der Waals surface area (Å²) in [6, 6.07) is 10.8. The first-order valence-corrected chi connectivity index (χ1v) is 7.81. The lowest BCUT2D eigenvalue weighted by Gasteiger charge is -2.08. The van der Waals surface area contributed by atoms with Crippen molar-refractivity contribution in [3.63, 3.8) is 0 Å². The van der Waals surface area contributed by atoms with Crippen molar-refractivity contribution in [2.45, 2.75) is 20.4 Å². The highest BCUT2D eigenvalue weighted by atomic mass is 16.2. The summed E-state index contributed by atoms with van der Waals surface area (Å²) in [5.74, 6) is -0.0255. The molecule has 0 spiro atoms. The fourth-order valence-corrected chi connectivity index (χ4v) is 2.00. The number of hydrogen-bond acceptors (Lipinski definition) is 3. The number of anilines is 1. The number of carbonyl (C=O) groups is 2. The molecule has 1 aromatic carbocycles. The summed E-state index contributed by atoms with van der Waals surface area (Å²) >= 11 is 0. The molecule has 2 N–H and O–H groups in total. The van der Waals surface area contributed by atoms with E-state index < -0.39 is 0 Å². The number of hydrogen-bond donors (Lipinski definition) is 2. The molecule has 0 bridgehead atoms. The van der Waals surface area contributed by atoms with Crippen LogP contribution in [0.4, 0.5) is 5.69 Å². The van der Waals surface area contributed by atoms with E-state index in [4.69, 9.17) is 0 Å². The Kier molecular flexibility index (Phi) is 6.25. The molecule has 1 aromatic heterocycles. The fourth-order valence-electron chi connectivity index (χ4n) is 2.00. The van der Waals surface area contributed by atoms with Gasteiger partial charge in [-0.25, -0.2) is 0 Å². The number of nitrogens with one attached hydrogen (secondary N) is 2. The van der Waals surface area contributed by atoms with Gasteiger partial charge in [-0.05, 0) is 41.8 Å². The summed E-state index contributed by atoms with van der Waals surface area (Å²) in [7, 11) is 0. The van der Waals surface area contributed by atoms with Gasteiger partial charge in [0.25, 0.3) is 5.91 Å². The second kappa shape index (κ2) is 8.62. The largest absolute Gasteiger partial charge is 0.348 e. The van der Waals surface area contributed by atoms with Gasteiger partial charge in [0.2, 0.25) is 5.91 Å². The maximum Gasteiger partial charge on any atom is 0.253 e. The zero-order valence-corrected chi connectivity index (χ0v) is 13.8. The molecular weight excluding hydrogens is 302 g/mol. The van der Waals surface area contributed by atoms with Gasteiger partial charge in [-0.15, -0.1) is 0 Å². The van der Waals surface area contributed by atoms with Gasteiger partial charge < -0.3 is 10.6 Å². The minimum Gasteiger partial charge on any atom is -0.348 e. The average molecular weight is 323 g/mol. The standard InChI is InChI=1S/C19H21N3O2/c1-14(2)8-9-18(23)22-17-7-3-5-15(11-17)12-21-19(24)16-6-4-10-20-13-16/h3-11,13-14H,12H2,1-2H3,(H,21,24)(H,22,23)/b9-8+. The van der Waals surface area contributed by atoms with Crippen molar-refractivity contribution in [3.05, 3.63) is 72.1 Å². The summed E-state index contributed by atoms with van der Waals surface area (Å²) in [5.41, 5.74) is 2.11. The molecule has 0 aliphatic rings. The molecule has 0 radical (unpaired) electrons. The van der Waals surface area contributed by atoms with Gasteiger partial charge in [-0.2, -0.15) is 0 Å². The highest BCUT2D eigenvalue weighted by Crippen LogP contribution is 2.11. The van der Waals surface area contributed by atoms with E-state index in [0.717, 1.165) is 5.56 Å². The third-order valence-corrected chi connectivity index (χ3v) is 3.20. The Hall–Kier alpha value is -2.95. The van der Waals surface area contributed by atoms with E-state index in [0.29, 0.717) is 23.7 Å². The lowest BCUT2D eigenvalue weighted by molar-refractivity contribution is -0.111. The number of benzene rings is 1. The molecule has 0 saturated carbocycles. The number of nitrogens with zero attached hydrogens (tertiary/aromatic N) is 1. The van der Waals surface area contributed by atoms with Crippen LogP contribution in [-0.4, -0.2) is 16.8 Å². The number of pyridine rings is 1. The maximum atomic E-state index is 12.0. The van der Waals surface area contributed by atoms with E-state index in [-0.39, 0.29) is 11.8 Å². The van der Waals surface area contributed by atoms with E-state index in [1.165, 1.54) is 12.3 Å². The van der Waals surface area contributed by atoms with E-state index in [1.54, 1.807) is 18.3 Å². The summed E-state index contributed by atoms with van der Waals surface area (Å²) in [4.78, 5) is 27.7. The van der Waals surface area contributed by atoms with Crippen LogP contribution in [0.1, 0.15) is 29.8 Å². The quantitative estimate of drug-likeness (QED) is 0.802. The van der Waals surface area contributed by atoms with Gasteiger partial charge >= 0.3 is 0 Å². The van der Waals surface area contributed by atoms with Gasteiger partial charge in [-0.3, -0.25) is 14.6 Å². The van der Waals surface area contributed by atoms with E-state index in [1.807, 2.05) is 44.2 Å². The van der Waals surface area contributed by atoms with Crippen molar-refractivity contribution in [2.24, 2.45) is 5.92 Å². The van der Waals surface area contributed by atoms with Gasteiger partial charge in [-0.1, -0.05) is 32.1 Å². The molecule has 5 nitrogen and oxygen atoms in total. The SMILES string of the molecule is CC(C)/C=C/C(=O)Nc1cccc(CNC(=O)c2cccnc2)c1. The first-order chi connectivity index (χ1) is 11.5. The first kappa shape index (κ1) is 17.4. The van der Waals surface area contributed by atoms with Crippen LogP contribution in [0.3, 0.4) is 0 Å². The van der Waals surface area contributed by atoms with E-state index >= 15 is 0 Å². The Morgan fingerprint density at radius 1 is 1.21 bits per heavy atom.